The van der Waals surface area contributed by atoms with E-state index >= 15 is 0 Å². The van der Waals surface area contributed by atoms with Crippen molar-refractivity contribution in [3.8, 4) is 0 Å². The summed E-state index contributed by atoms with van der Waals surface area (Å²) in [5, 5.41) is 3.68. The smallest absolute Gasteiger partial charge is 0.0273 e. The molecule has 0 aromatic carbocycles. The highest BCUT2D eigenvalue weighted by atomic mass is 32.1. The molecule has 0 aliphatic heterocycles. The Bertz CT molecular complexity index is 444. The minimum atomic E-state index is 0.194. The molecule has 1 saturated carbocycles. The third-order valence-electron chi connectivity index (χ3n) is 4.04. The van der Waals surface area contributed by atoms with E-state index in [0.29, 0.717) is 0 Å². The van der Waals surface area contributed by atoms with Crippen LogP contribution in [0.5, 0.6) is 0 Å². The van der Waals surface area contributed by atoms with Gasteiger partial charge in [0.05, 0.1) is 0 Å². The Kier molecular flexibility index (Phi) is 5.45. The predicted octanol–water partition coefficient (Wildman–Crippen LogP) is 5.41. The molecule has 0 bridgehead atoms. The molecule has 1 N–H and O–H groups in total. The predicted molar refractivity (Wildman–Crippen MR) is 91.4 cm³/mol. The van der Waals surface area contributed by atoms with Crippen molar-refractivity contribution in [2.24, 2.45) is 5.92 Å². The second kappa shape index (κ2) is 6.91. The van der Waals surface area contributed by atoms with Gasteiger partial charge in [0.15, 0.2) is 0 Å². The van der Waals surface area contributed by atoms with Crippen molar-refractivity contribution in [2.75, 3.05) is 6.54 Å². The summed E-state index contributed by atoms with van der Waals surface area (Å²) in [5.74, 6) is 0.793. The summed E-state index contributed by atoms with van der Waals surface area (Å²) in [4.78, 5) is 2.82. The third kappa shape index (κ3) is 5.06. The number of nitrogens with one attached hydrogen (secondary N) is 1. The molecule has 1 fully saturated rings. The van der Waals surface area contributed by atoms with E-state index in [1.54, 1.807) is 5.57 Å². The maximum atomic E-state index is 3.68. The average molecular weight is 292 g/mol. The van der Waals surface area contributed by atoms with Crippen molar-refractivity contribution in [3.63, 3.8) is 0 Å². The van der Waals surface area contributed by atoms with Gasteiger partial charge in [-0.25, -0.2) is 0 Å². The largest absolute Gasteiger partial charge is 0.308 e. The molecule has 1 aliphatic carbocycles. The zero-order chi connectivity index (χ0) is 14.6. The summed E-state index contributed by atoms with van der Waals surface area (Å²) >= 11 is 1.91. The molecule has 2 rings (SSSR count). The lowest BCUT2D eigenvalue weighted by Gasteiger charge is -2.28. The van der Waals surface area contributed by atoms with Crippen molar-refractivity contribution in [1.82, 2.24) is 5.32 Å². The van der Waals surface area contributed by atoms with Gasteiger partial charge in [-0.2, -0.15) is 0 Å². The Morgan fingerprint density at radius 2 is 1.95 bits per heavy atom. The van der Waals surface area contributed by atoms with Crippen LogP contribution in [0, 0.1) is 12.8 Å². The van der Waals surface area contributed by atoms with Gasteiger partial charge < -0.3 is 5.32 Å². The summed E-state index contributed by atoms with van der Waals surface area (Å²) in [6.45, 7) is 9.98. The van der Waals surface area contributed by atoms with Gasteiger partial charge in [-0.15, -0.1) is 11.3 Å². The molecule has 1 aromatic rings. The van der Waals surface area contributed by atoms with Crippen molar-refractivity contribution in [2.45, 2.75) is 65.3 Å². The van der Waals surface area contributed by atoms with Crippen LogP contribution in [0.4, 0.5) is 0 Å². The molecular formula is C18H29NS. The number of aryl methyl sites for hydroxylation is 1. The van der Waals surface area contributed by atoms with E-state index in [9.17, 15) is 0 Å². The minimum Gasteiger partial charge on any atom is -0.308 e. The molecule has 1 heterocycles. The Balaban J connectivity index is 2.12. The fraction of sp³-hybridized carbons (Fsp3) is 0.667. The zero-order valence-corrected chi connectivity index (χ0v) is 14.3. The van der Waals surface area contributed by atoms with Crippen LogP contribution in [0.1, 0.15) is 62.6 Å². The van der Waals surface area contributed by atoms with Crippen LogP contribution in [0.15, 0.2) is 17.7 Å². The Labute approximate surface area is 128 Å². The molecule has 0 spiro atoms. The molecule has 20 heavy (non-hydrogen) atoms. The molecule has 0 saturated heterocycles. The van der Waals surface area contributed by atoms with E-state index in [0.717, 1.165) is 12.5 Å². The van der Waals surface area contributed by atoms with Crippen LogP contribution in [-0.2, 0) is 0 Å². The summed E-state index contributed by atoms with van der Waals surface area (Å²) in [6, 6.07) is 4.49. The van der Waals surface area contributed by atoms with Gasteiger partial charge in [-0.1, -0.05) is 24.8 Å². The van der Waals surface area contributed by atoms with E-state index in [-0.39, 0.29) is 5.54 Å². The molecule has 112 valence electrons. The lowest BCUT2D eigenvalue weighted by molar-refractivity contribution is 0.378. The Hall–Kier alpha value is -0.600. The monoisotopic (exact) mass is 291 g/mol. The second-order valence-corrected chi connectivity index (χ2v) is 8.43. The maximum Gasteiger partial charge on any atom is 0.0273 e. The van der Waals surface area contributed by atoms with Gasteiger partial charge >= 0.3 is 0 Å². The lowest BCUT2D eigenvalue weighted by Crippen LogP contribution is -2.38. The lowest BCUT2D eigenvalue weighted by atomic mass is 9.83. The van der Waals surface area contributed by atoms with Crippen LogP contribution in [-0.4, -0.2) is 12.1 Å². The Morgan fingerprint density at radius 1 is 1.25 bits per heavy atom. The second-order valence-electron chi connectivity index (χ2n) is 7.11. The number of hydrogen-bond donors (Lipinski definition) is 1. The van der Waals surface area contributed by atoms with E-state index in [2.05, 4.69) is 51.2 Å². The third-order valence-corrected chi connectivity index (χ3v) is 4.99. The minimum absolute atomic E-state index is 0.194. The molecule has 1 nitrogen and oxygen atoms in total. The van der Waals surface area contributed by atoms with Crippen LogP contribution in [0.2, 0.25) is 0 Å². The highest BCUT2D eigenvalue weighted by molar-refractivity contribution is 7.12. The molecular weight excluding hydrogens is 262 g/mol. The van der Waals surface area contributed by atoms with Gasteiger partial charge in [0.1, 0.15) is 0 Å². The fourth-order valence-corrected chi connectivity index (χ4v) is 3.72. The van der Waals surface area contributed by atoms with Gasteiger partial charge in [0.25, 0.3) is 0 Å². The number of hydrogen-bond acceptors (Lipinski definition) is 2. The van der Waals surface area contributed by atoms with Gasteiger partial charge in [0, 0.05) is 21.8 Å². The normalized spacial score (nSPS) is 18.5. The summed E-state index contributed by atoms with van der Waals surface area (Å²) in [6.07, 6.45) is 9.44. The van der Waals surface area contributed by atoms with Crippen LogP contribution in [0.3, 0.4) is 0 Å². The number of rotatable bonds is 4. The van der Waals surface area contributed by atoms with E-state index in [1.807, 2.05) is 11.3 Å². The van der Waals surface area contributed by atoms with Crippen molar-refractivity contribution >= 4 is 17.4 Å². The first kappa shape index (κ1) is 15.8. The fourth-order valence-electron chi connectivity index (χ4n) is 2.87. The summed E-state index contributed by atoms with van der Waals surface area (Å²) in [5.41, 5.74) is 1.81. The maximum absolute atomic E-state index is 3.68. The highest BCUT2D eigenvalue weighted by Crippen LogP contribution is 2.31. The molecule has 2 heteroatoms. The molecule has 0 unspecified atom stereocenters. The van der Waals surface area contributed by atoms with Crippen LogP contribution < -0.4 is 5.32 Å². The summed E-state index contributed by atoms with van der Waals surface area (Å²) < 4.78 is 0. The average Bonchev–Trinajstić information content (AvgIpc) is 2.80. The van der Waals surface area contributed by atoms with E-state index < -0.39 is 0 Å². The van der Waals surface area contributed by atoms with Gasteiger partial charge in [0.2, 0.25) is 0 Å². The van der Waals surface area contributed by atoms with Crippen molar-refractivity contribution in [1.29, 1.82) is 0 Å². The van der Waals surface area contributed by atoms with Gasteiger partial charge in [-0.05, 0) is 64.7 Å². The highest BCUT2D eigenvalue weighted by Gasteiger charge is 2.19. The first-order valence-electron chi connectivity index (χ1n) is 7.96. The SMILES string of the molecule is Cc1ccc(/C=C(/CNC(C)(C)C)C2CCCCC2)s1. The van der Waals surface area contributed by atoms with Crippen LogP contribution in [0.25, 0.3) is 6.08 Å². The Morgan fingerprint density at radius 3 is 2.50 bits per heavy atom. The standard InChI is InChI=1S/C18H29NS/c1-14-10-11-17(20-14)12-16(13-19-18(2,3)4)15-8-6-5-7-9-15/h10-12,15,19H,5-9,13H2,1-4H3/b16-12-. The summed E-state index contributed by atoms with van der Waals surface area (Å²) in [7, 11) is 0. The molecule has 0 radical (unpaired) electrons. The van der Waals surface area contributed by atoms with Crippen LogP contribution >= 0.6 is 11.3 Å². The first-order chi connectivity index (χ1) is 9.44. The first-order valence-corrected chi connectivity index (χ1v) is 8.78. The zero-order valence-electron chi connectivity index (χ0n) is 13.5. The molecule has 1 aromatic heterocycles. The van der Waals surface area contributed by atoms with Crippen molar-refractivity contribution in [3.05, 3.63) is 27.5 Å². The number of thiophene rings is 1. The van der Waals surface area contributed by atoms with Gasteiger partial charge in [-0.3, -0.25) is 0 Å². The van der Waals surface area contributed by atoms with E-state index in [4.69, 9.17) is 0 Å². The van der Waals surface area contributed by atoms with Crippen molar-refractivity contribution < 1.29 is 0 Å². The quantitative estimate of drug-likeness (QED) is 0.782. The van der Waals surface area contributed by atoms with E-state index in [1.165, 1.54) is 41.9 Å². The molecule has 1 aliphatic rings. The topological polar surface area (TPSA) is 12.0 Å². The molecule has 0 amide bonds. The molecule has 0 atom stereocenters.